The van der Waals surface area contributed by atoms with Crippen molar-refractivity contribution in [3.05, 3.63) is 57.6 Å². The summed E-state index contributed by atoms with van der Waals surface area (Å²) in [4.78, 5) is 12.8. The van der Waals surface area contributed by atoms with Gasteiger partial charge in [-0.2, -0.15) is 0 Å². The van der Waals surface area contributed by atoms with E-state index in [1.54, 1.807) is 12.1 Å². The third-order valence-electron chi connectivity index (χ3n) is 6.00. The molecule has 1 atom stereocenters. The summed E-state index contributed by atoms with van der Waals surface area (Å²) in [5.41, 5.74) is 1.43. The van der Waals surface area contributed by atoms with Crippen LogP contribution in [0.4, 0.5) is 0 Å². The van der Waals surface area contributed by atoms with Gasteiger partial charge in [0.15, 0.2) is 11.5 Å². The molecule has 2 aromatic carbocycles. The van der Waals surface area contributed by atoms with Gasteiger partial charge in [0, 0.05) is 29.1 Å². The first-order chi connectivity index (χ1) is 15.7. The van der Waals surface area contributed by atoms with E-state index in [0.29, 0.717) is 66.3 Å². The summed E-state index contributed by atoms with van der Waals surface area (Å²) in [6.45, 7) is 3.54. The average Bonchev–Trinajstić information content (AvgIpc) is 2.80. The lowest BCUT2D eigenvalue weighted by Gasteiger charge is -2.31. The van der Waals surface area contributed by atoms with Crippen LogP contribution in [0, 0.1) is 5.92 Å². The minimum atomic E-state index is -3.55. The number of fused-ring (bicyclic) bond motifs is 1. The fourth-order valence-corrected chi connectivity index (χ4v) is 6.22. The van der Waals surface area contributed by atoms with Gasteiger partial charge in [-0.1, -0.05) is 35.3 Å². The lowest BCUT2D eigenvalue weighted by atomic mass is 9.96. The Morgan fingerprint density at radius 2 is 1.79 bits per heavy atom. The van der Waals surface area contributed by atoms with Gasteiger partial charge < -0.3 is 14.8 Å². The van der Waals surface area contributed by atoms with Crippen LogP contribution in [-0.2, 0) is 20.6 Å². The lowest BCUT2D eigenvalue weighted by molar-refractivity contribution is -0.126. The maximum atomic E-state index is 12.9. The van der Waals surface area contributed by atoms with Crippen LogP contribution in [-0.4, -0.2) is 44.9 Å². The van der Waals surface area contributed by atoms with E-state index < -0.39 is 10.0 Å². The van der Waals surface area contributed by atoms with Gasteiger partial charge >= 0.3 is 0 Å². The molecule has 0 aromatic heterocycles. The molecule has 33 heavy (non-hydrogen) atoms. The topological polar surface area (TPSA) is 84.9 Å². The average molecular weight is 513 g/mol. The van der Waals surface area contributed by atoms with Crippen LogP contribution in [0.2, 0.25) is 10.0 Å². The number of halogens is 2. The minimum Gasteiger partial charge on any atom is -0.486 e. The van der Waals surface area contributed by atoms with Crippen molar-refractivity contribution in [2.24, 2.45) is 5.92 Å². The fraction of sp³-hybridized carbons (Fsp3) is 0.435. The van der Waals surface area contributed by atoms with Crippen molar-refractivity contribution in [1.29, 1.82) is 0 Å². The second kappa shape index (κ2) is 10.1. The Balaban J connectivity index is 1.32. The molecule has 1 fully saturated rings. The molecule has 0 aliphatic carbocycles. The van der Waals surface area contributed by atoms with Crippen molar-refractivity contribution >= 4 is 39.1 Å². The number of rotatable bonds is 6. The molecule has 10 heteroatoms. The molecule has 4 rings (SSSR count). The van der Waals surface area contributed by atoms with Gasteiger partial charge in [0.1, 0.15) is 13.2 Å². The van der Waals surface area contributed by atoms with E-state index in [1.807, 2.05) is 25.1 Å². The predicted molar refractivity (Wildman–Crippen MR) is 127 cm³/mol. The minimum absolute atomic E-state index is 0.0739. The van der Waals surface area contributed by atoms with Crippen LogP contribution in [0.1, 0.15) is 36.9 Å². The highest BCUT2D eigenvalue weighted by molar-refractivity contribution is 7.88. The number of carbonyl (C=O) groups excluding carboxylic acids is 1. The number of sulfonamides is 1. The van der Waals surface area contributed by atoms with E-state index in [9.17, 15) is 13.2 Å². The molecule has 178 valence electrons. The second-order valence-electron chi connectivity index (χ2n) is 8.30. The normalized spacial score (nSPS) is 18.0. The number of nitrogens with zero attached hydrogens (tertiary/aromatic N) is 1. The van der Waals surface area contributed by atoms with Gasteiger partial charge in [-0.3, -0.25) is 4.79 Å². The highest BCUT2D eigenvalue weighted by Gasteiger charge is 2.32. The molecule has 1 saturated heterocycles. The van der Waals surface area contributed by atoms with Crippen molar-refractivity contribution in [2.75, 3.05) is 26.3 Å². The van der Waals surface area contributed by atoms with E-state index in [-0.39, 0.29) is 23.6 Å². The number of carbonyl (C=O) groups is 1. The summed E-state index contributed by atoms with van der Waals surface area (Å²) in [6.07, 6.45) is 0.931. The van der Waals surface area contributed by atoms with Crippen LogP contribution in [0.15, 0.2) is 36.4 Å². The molecule has 1 unspecified atom stereocenters. The van der Waals surface area contributed by atoms with E-state index in [1.165, 1.54) is 10.4 Å². The molecule has 2 aliphatic rings. The Hall–Kier alpha value is -2.00. The number of benzene rings is 2. The van der Waals surface area contributed by atoms with Gasteiger partial charge in [0.2, 0.25) is 15.9 Å². The number of piperidine rings is 1. The highest BCUT2D eigenvalue weighted by atomic mass is 35.5. The molecule has 0 spiro atoms. The van der Waals surface area contributed by atoms with Gasteiger partial charge in [-0.05, 0) is 55.2 Å². The van der Waals surface area contributed by atoms with Crippen LogP contribution in [0.5, 0.6) is 11.5 Å². The zero-order valence-electron chi connectivity index (χ0n) is 18.2. The number of amides is 1. The smallest absolute Gasteiger partial charge is 0.223 e. The van der Waals surface area contributed by atoms with E-state index in [0.717, 1.165) is 5.56 Å². The second-order valence-corrected chi connectivity index (χ2v) is 11.1. The molecule has 0 radical (unpaired) electrons. The largest absolute Gasteiger partial charge is 0.486 e. The van der Waals surface area contributed by atoms with Crippen molar-refractivity contribution in [1.82, 2.24) is 9.62 Å². The van der Waals surface area contributed by atoms with Crippen LogP contribution in [0.3, 0.4) is 0 Å². The first-order valence-corrected chi connectivity index (χ1v) is 13.2. The maximum absolute atomic E-state index is 12.9. The molecule has 2 heterocycles. The fourth-order valence-electron chi connectivity index (χ4n) is 4.07. The van der Waals surface area contributed by atoms with Gasteiger partial charge in [-0.15, -0.1) is 0 Å². The molecule has 0 bridgehead atoms. The summed E-state index contributed by atoms with van der Waals surface area (Å²) in [5.74, 6) is 0.877. The van der Waals surface area contributed by atoms with Gasteiger partial charge in [0.25, 0.3) is 0 Å². The molecule has 2 aliphatic heterocycles. The zero-order chi connectivity index (χ0) is 23.6. The third kappa shape index (κ3) is 5.74. The lowest BCUT2D eigenvalue weighted by Crippen LogP contribution is -2.43. The van der Waals surface area contributed by atoms with Crippen LogP contribution >= 0.6 is 23.2 Å². The van der Waals surface area contributed by atoms with E-state index >= 15 is 0 Å². The Morgan fingerprint density at radius 1 is 1.09 bits per heavy atom. The molecular formula is C23H26Cl2N2O5S. The summed E-state index contributed by atoms with van der Waals surface area (Å²) in [7, 11) is -3.55. The molecule has 1 N–H and O–H groups in total. The number of hydrogen-bond acceptors (Lipinski definition) is 5. The third-order valence-corrected chi connectivity index (χ3v) is 8.41. The van der Waals surface area contributed by atoms with Crippen LogP contribution < -0.4 is 14.8 Å². The summed E-state index contributed by atoms with van der Waals surface area (Å²) in [5, 5.41) is 3.83. The van der Waals surface area contributed by atoms with Crippen molar-refractivity contribution < 1.29 is 22.7 Å². The SMILES string of the molecule is CC(NC(=O)C1CCN(S(=O)(=O)Cc2ccc(Cl)cc2Cl)CC1)c1ccc2c(c1)OCCO2. The molecule has 7 nitrogen and oxygen atoms in total. The van der Waals surface area contributed by atoms with Crippen molar-refractivity contribution in [3.8, 4) is 11.5 Å². The maximum Gasteiger partial charge on any atom is 0.223 e. The van der Waals surface area contributed by atoms with E-state index in [4.69, 9.17) is 32.7 Å². The molecule has 1 amide bonds. The van der Waals surface area contributed by atoms with Crippen LogP contribution in [0.25, 0.3) is 0 Å². The van der Waals surface area contributed by atoms with Gasteiger partial charge in [0.05, 0.1) is 11.8 Å². The monoisotopic (exact) mass is 512 g/mol. The van der Waals surface area contributed by atoms with E-state index in [2.05, 4.69) is 5.32 Å². The number of hydrogen-bond donors (Lipinski definition) is 1. The molecule has 2 aromatic rings. The standard InChI is InChI=1S/C23H26Cl2N2O5S/c1-15(17-3-5-21-22(12-17)32-11-10-31-21)26-23(28)16-6-8-27(9-7-16)33(29,30)14-18-2-4-19(24)13-20(18)25/h2-5,12-13,15-16H,6-11,14H2,1H3,(H,26,28). The number of nitrogens with one attached hydrogen (secondary N) is 1. The summed E-state index contributed by atoms with van der Waals surface area (Å²) >= 11 is 12.0. The predicted octanol–water partition coefficient (Wildman–Crippen LogP) is 4.18. The quantitative estimate of drug-likeness (QED) is 0.627. The van der Waals surface area contributed by atoms with Gasteiger partial charge in [-0.25, -0.2) is 12.7 Å². The molecular weight excluding hydrogens is 487 g/mol. The zero-order valence-corrected chi connectivity index (χ0v) is 20.5. The first-order valence-electron chi connectivity index (χ1n) is 10.8. The first kappa shape index (κ1) is 24.1. The number of ether oxygens (including phenoxy) is 2. The highest BCUT2D eigenvalue weighted by Crippen LogP contribution is 2.33. The Labute approximate surface area is 204 Å². The summed E-state index contributed by atoms with van der Waals surface area (Å²) in [6, 6.07) is 10.2. The molecule has 0 saturated carbocycles. The van der Waals surface area contributed by atoms with Crippen molar-refractivity contribution in [3.63, 3.8) is 0 Å². The summed E-state index contributed by atoms with van der Waals surface area (Å²) < 4.78 is 38.3. The Kier molecular flexibility index (Phi) is 7.38. The Morgan fingerprint density at radius 3 is 2.48 bits per heavy atom. The van der Waals surface area contributed by atoms with Crippen molar-refractivity contribution in [2.45, 2.75) is 31.6 Å². The Bertz CT molecular complexity index is 1130.